The van der Waals surface area contributed by atoms with Gasteiger partial charge in [-0.25, -0.2) is 0 Å². The minimum absolute atomic E-state index is 0.145. The molecule has 0 radical (unpaired) electrons. The first-order chi connectivity index (χ1) is 10.2. The van der Waals surface area contributed by atoms with Gasteiger partial charge in [-0.2, -0.15) is 10.2 Å². The number of nitrogens with one attached hydrogen (secondary N) is 1. The minimum atomic E-state index is 0.145. The summed E-state index contributed by atoms with van der Waals surface area (Å²) >= 11 is 6.25. The van der Waals surface area contributed by atoms with Crippen LogP contribution in [0.5, 0.6) is 0 Å². The second-order valence-electron chi connectivity index (χ2n) is 5.42. The van der Waals surface area contributed by atoms with E-state index in [4.69, 9.17) is 16.3 Å². The zero-order valence-electron chi connectivity index (χ0n) is 12.1. The van der Waals surface area contributed by atoms with Crippen molar-refractivity contribution >= 4 is 11.6 Å². The quantitative estimate of drug-likeness (QED) is 0.936. The van der Waals surface area contributed by atoms with Crippen molar-refractivity contribution in [3.8, 4) is 0 Å². The molecule has 0 spiro atoms. The molecule has 7 heteroatoms. The molecular weight excluding hydrogens is 290 g/mol. The maximum absolute atomic E-state index is 6.25. The van der Waals surface area contributed by atoms with E-state index in [0.29, 0.717) is 0 Å². The van der Waals surface area contributed by atoms with Crippen LogP contribution in [0.4, 0.5) is 0 Å². The van der Waals surface area contributed by atoms with Crippen LogP contribution >= 0.6 is 11.6 Å². The molecule has 1 N–H and O–H groups in total. The van der Waals surface area contributed by atoms with Crippen LogP contribution < -0.4 is 0 Å². The van der Waals surface area contributed by atoms with Gasteiger partial charge in [-0.3, -0.25) is 14.7 Å². The van der Waals surface area contributed by atoms with Gasteiger partial charge in [0.1, 0.15) is 0 Å². The Balaban J connectivity index is 1.63. The number of nitrogens with zero attached hydrogens (tertiary/aromatic N) is 4. The molecule has 0 aromatic carbocycles. The van der Waals surface area contributed by atoms with E-state index in [1.54, 1.807) is 6.20 Å². The lowest BCUT2D eigenvalue weighted by molar-refractivity contribution is 0.0390. The van der Waals surface area contributed by atoms with Crippen LogP contribution in [0.15, 0.2) is 18.5 Å². The van der Waals surface area contributed by atoms with Crippen molar-refractivity contribution in [2.75, 3.05) is 19.7 Å². The summed E-state index contributed by atoms with van der Waals surface area (Å²) in [5.74, 6) is 0. The molecule has 0 amide bonds. The Labute approximate surface area is 129 Å². The highest BCUT2D eigenvalue weighted by Gasteiger charge is 2.21. The maximum Gasteiger partial charge on any atom is 0.0951 e. The number of halogens is 1. The molecule has 21 heavy (non-hydrogen) atoms. The van der Waals surface area contributed by atoms with Gasteiger partial charge in [0.2, 0.25) is 0 Å². The minimum Gasteiger partial charge on any atom is -0.375 e. The molecule has 1 aliphatic rings. The Kier molecular flexibility index (Phi) is 4.57. The number of aromatic amines is 1. The molecule has 1 saturated heterocycles. The van der Waals surface area contributed by atoms with Crippen molar-refractivity contribution in [1.29, 1.82) is 0 Å². The highest BCUT2D eigenvalue weighted by atomic mass is 35.5. The molecular formula is C14H20ClN5O. The fourth-order valence-electron chi connectivity index (χ4n) is 2.62. The number of aromatic nitrogens is 4. The van der Waals surface area contributed by atoms with Gasteiger partial charge in [0.05, 0.1) is 29.1 Å². The first-order valence-electron chi connectivity index (χ1n) is 7.23. The summed E-state index contributed by atoms with van der Waals surface area (Å²) in [6.07, 6.45) is 4.93. The van der Waals surface area contributed by atoms with Gasteiger partial charge in [0.25, 0.3) is 0 Å². The molecule has 0 unspecified atom stereocenters. The highest BCUT2D eigenvalue weighted by molar-refractivity contribution is 6.31. The fourth-order valence-corrected chi connectivity index (χ4v) is 2.77. The fraction of sp³-hybridized carbons (Fsp3) is 0.571. The van der Waals surface area contributed by atoms with Gasteiger partial charge in [-0.05, 0) is 19.4 Å². The van der Waals surface area contributed by atoms with Crippen molar-refractivity contribution in [2.24, 2.45) is 0 Å². The van der Waals surface area contributed by atoms with Gasteiger partial charge in [0.15, 0.2) is 0 Å². The van der Waals surface area contributed by atoms with E-state index < -0.39 is 0 Å². The van der Waals surface area contributed by atoms with Crippen molar-refractivity contribution in [3.63, 3.8) is 0 Å². The van der Waals surface area contributed by atoms with Crippen molar-refractivity contribution in [3.05, 3.63) is 34.9 Å². The summed E-state index contributed by atoms with van der Waals surface area (Å²) in [7, 11) is 0. The lowest BCUT2D eigenvalue weighted by atomic mass is 10.3. The van der Waals surface area contributed by atoms with Gasteiger partial charge < -0.3 is 4.74 Å². The summed E-state index contributed by atoms with van der Waals surface area (Å²) in [4.78, 5) is 2.35. The van der Waals surface area contributed by atoms with E-state index in [0.717, 1.165) is 55.6 Å². The molecule has 1 fully saturated rings. The van der Waals surface area contributed by atoms with Crippen molar-refractivity contribution < 1.29 is 4.74 Å². The summed E-state index contributed by atoms with van der Waals surface area (Å²) in [5, 5.41) is 12.2. The SMILES string of the molecule is Cc1[nH]nc(CN2CCCO[C@H](Cn3cccn3)C2)c1Cl. The number of H-pyrrole nitrogens is 1. The van der Waals surface area contributed by atoms with Crippen molar-refractivity contribution in [1.82, 2.24) is 24.9 Å². The van der Waals surface area contributed by atoms with Crippen LogP contribution in [0.1, 0.15) is 17.8 Å². The lowest BCUT2D eigenvalue weighted by Crippen LogP contribution is -2.34. The molecule has 1 atom stereocenters. The zero-order valence-corrected chi connectivity index (χ0v) is 12.9. The molecule has 3 heterocycles. The molecule has 2 aromatic heterocycles. The van der Waals surface area contributed by atoms with Crippen LogP contribution in [0.3, 0.4) is 0 Å². The van der Waals surface area contributed by atoms with E-state index in [1.807, 2.05) is 23.9 Å². The molecule has 6 nitrogen and oxygen atoms in total. The van der Waals surface area contributed by atoms with Crippen LogP contribution in [-0.4, -0.2) is 50.7 Å². The summed E-state index contributed by atoms with van der Waals surface area (Å²) in [6, 6.07) is 1.93. The Morgan fingerprint density at radius 3 is 3.14 bits per heavy atom. The largest absolute Gasteiger partial charge is 0.375 e. The van der Waals surface area contributed by atoms with E-state index in [-0.39, 0.29) is 6.10 Å². The molecule has 114 valence electrons. The first-order valence-corrected chi connectivity index (χ1v) is 7.61. The average Bonchev–Trinajstić information content (AvgIpc) is 3.01. The monoisotopic (exact) mass is 309 g/mol. The van der Waals surface area contributed by atoms with Crippen molar-refractivity contribution in [2.45, 2.75) is 32.5 Å². The lowest BCUT2D eigenvalue weighted by Gasteiger charge is -2.23. The Hall–Kier alpha value is -1.37. The van der Waals surface area contributed by atoms with Crippen LogP contribution in [0.2, 0.25) is 5.02 Å². The summed E-state index contributed by atoms with van der Waals surface area (Å²) in [5.41, 5.74) is 1.83. The molecule has 2 aromatic rings. The van der Waals surface area contributed by atoms with Crippen LogP contribution in [-0.2, 0) is 17.8 Å². The predicted octanol–water partition coefficient (Wildman–Crippen LogP) is 1.86. The van der Waals surface area contributed by atoms with Gasteiger partial charge >= 0.3 is 0 Å². The normalized spacial score (nSPS) is 20.6. The summed E-state index contributed by atoms with van der Waals surface area (Å²) in [6.45, 7) is 6.11. The number of rotatable bonds is 4. The van der Waals surface area contributed by atoms with E-state index >= 15 is 0 Å². The van der Waals surface area contributed by atoms with Gasteiger partial charge in [-0.1, -0.05) is 11.6 Å². The third kappa shape index (κ3) is 3.64. The number of hydrogen-bond donors (Lipinski definition) is 1. The van der Waals surface area contributed by atoms with E-state index in [2.05, 4.69) is 20.2 Å². The second-order valence-corrected chi connectivity index (χ2v) is 5.80. The highest BCUT2D eigenvalue weighted by Crippen LogP contribution is 2.20. The molecule has 0 saturated carbocycles. The Morgan fingerprint density at radius 1 is 1.52 bits per heavy atom. The first kappa shape index (κ1) is 14.6. The summed E-state index contributed by atoms with van der Waals surface area (Å²) < 4.78 is 7.83. The Bertz CT molecular complexity index is 568. The van der Waals surface area contributed by atoms with Gasteiger partial charge in [-0.15, -0.1) is 0 Å². The van der Waals surface area contributed by atoms with Crippen LogP contribution in [0, 0.1) is 6.92 Å². The molecule has 3 rings (SSSR count). The number of hydrogen-bond acceptors (Lipinski definition) is 4. The smallest absolute Gasteiger partial charge is 0.0951 e. The molecule has 0 bridgehead atoms. The Morgan fingerprint density at radius 2 is 2.43 bits per heavy atom. The number of aryl methyl sites for hydroxylation is 1. The topological polar surface area (TPSA) is 59.0 Å². The van der Waals surface area contributed by atoms with E-state index in [1.165, 1.54) is 0 Å². The standard InChI is InChI=1S/C14H20ClN5O/c1-11-14(15)13(18-17-11)10-19-5-3-7-21-12(8-19)9-20-6-2-4-16-20/h2,4,6,12H,3,5,7-10H2,1H3,(H,17,18)/t12-/m0/s1. The third-order valence-corrected chi connectivity index (χ3v) is 4.20. The average molecular weight is 310 g/mol. The molecule has 0 aliphatic carbocycles. The zero-order chi connectivity index (χ0) is 14.7. The van der Waals surface area contributed by atoms with Gasteiger partial charge in [0, 0.05) is 38.6 Å². The van der Waals surface area contributed by atoms with Crippen LogP contribution in [0.25, 0.3) is 0 Å². The van der Waals surface area contributed by atoms with E-state index in [9.17, 15) is 0 Å². The number of ether oxygens (including phenoxy) is 1. The third-order valence-electron chi connectivity index (χ3n) is 3.70. The second kappa shape index (κ2) is 6.60. The predicted molar refractivity (Wildman–Crippen MR) is 80.2 cm³/mol. The molecule has 1 aliphatic heterocycles. The maximum atomic E-state index is 6.25.